The maximum atomic E-state index is 11.3. The number of primary amides is 1. The van der Waals surface area contributed by atoms with Crippen molar-refractivity contribution in [2.75, 3.05) is 0 Å². The fraction of sp³-hybridized carbons (Fsp3) is 0. The standard InChI is InChI=1S/C11H8N4O/c12-10(16)9-5-6-13-11-14-7-3-1-2-4-8(7)15(9)11/h1-6H,(H2,12,16). The molecule has 0 fully saturated rings. The van der Waals surface area contributed by atoms with Gasteiger partial charge in [0.2, 0.25) is 5.78 Å². The molecule has 0 aliphatic rings. The molecule has 0 atom stereocenters. The van der Waals surface area contributed by atoms with Crippen molar-refractivity contribution in [1.82, 2.24) is 14.4 Å². The van der Waals surface area contributed by atoms with E-state index in [4.69, 9.17) is 5.73 Å². The average Bonchev–Trinajstić information content (AvgIpc) is 2.66. The van der Waals surface area contributed by atoms with Crippen molar-refractivity contribution in [3.63, 3.8) is 0 Å². The van der Waals surface area contributed by atoms with Gasteiger partial charge in [0, 0.05) is 6.20 Å². The van der Waals surface area contributed by atoms with Gasteiger partial charge in [0.05, 0.1) is 11.0 Å². The molecule has 1 amide bonds. The topological polar surface area (TPSA) is 73.3 Å². The lowest BCUT2D eigenvalue weighted by Crippen LogP contribution is -2.15. The summed E-state index contributed by atoms with van der Waals surface area (Å²) in [6.45, 7) is 0. The number of para-hydroxylation sites is 2. The van der Waals surface area contributed by atoms with Gasteiger partial charge in [-0.25, -0.2) is 9.97 Å². The molecule has 0 aliphatic carbocycles. The molecule has 0 spiro atoms. The SMILES string of the molecule is NC(=O)c1ccnc2nc3ccccc3n12. The Hall–Kier alpha value is -2.43. The van der Waals surface area contributed by atoms with Crippen LogP contribution in [0.4, 0.5) is 0 Å². The zero-order valence-corrected chi connectivity index (χ0v) is 8.29. The minimum absolute atomic E-state index is 0.388. The number of carbonyl (C=O) groups is 1. The normalized spacial score (nSPS) is 11.0. The lowest BCUT2D eigenvalue weighted by molar-refractivity contribution is 0.0994. The Bertz CT molecular complexity index is 701. The quantitative estimate of drug-likeness (QED) is 0.653. The first-order valence-corrected chi connectivity index (χ1v) is 4.79. The number of nitrogens with zero attached hydrogens (tertiary/aromatic N) is 3. The Morgan fingerprint density at radius 1 is 1.25 bits per heavy atom. The lowest BCUT2D eigenvalue weighted by atomic mass is 10.3. The predicted molar refractivity (Wildman–Crippen MR) is 59.0 cm³/mol. The molecule has 0 aliphatic heterocycles. The molecule has 1 aromatic carbocycles. The third-order valence-corrected chi connectivity index (χ3v) is 2.46. The van der Waals surface area contributed by atoms with Gasteiger partial charge in [-0.2, -0.15) is 0 Å². The molecule has 2 aromatic heterocycles. The lowest BCUT2D eigenvalue weighted by Gasteiger charge is -2.00. The number of rotatable bonds is 1. The van der Waals surface area contributed by atoms with E-state index < -0.39 is 5.91 Å². The minimum atomic E-state index is -0.490. The number of nitrogens with two attached hydrogens (primary N) is 1. The van der Waals surface area contributed by atoms with Crippen molar-refractivity contribution >= 4 is 22.7 Å². The molecule has 0 radical (unpaired) electrons. The van der Waals surface area contributed by atoms with E-state index >= 15 is 0 Å². The van der Waals surface area contributed by atoms with Gasteiger partial charge in [-0.15, -0.1) is 0 Å². The van der Waals surface area contributed by atoms with E-state index in [1.54, 1.807) is 10.5 Å². The van der Waals surface area contributed by atoms with Crippen LogP contribution >= 0.6 is 0 Å². The molecule has 0 bridgehead atoms. The number of carbonyl (C=O) groups excluding carboxylic acids is 1. The Labute approximate surface area is 90.5 Å². The van der Waals surface area contributed by atoms with E-state index in [1.165, 1.54) is 6.20 Å². The number of aromatic nitrogens is 3. The van der Waals surface area contributed by atoms with Gasteiger partial charge in [0.1, 0.15) is 5.69 Å². The second-order valence-electron chi connectivity index (χ2n) is 3.43. The average molecular weight is 212 g/mol. The van der Waals surface area contributed by atoms with Crippen LogP contribution in [-0.2, 0) is 0 Å². The minimum Gasteiger partial charge on any atom is -0.364 e. The molecule has 3 rings (SSSR count). The van der Waals surface area contributed by atoms with Crippen LogP contribution in [0.5, 0.6) is 0 Å². The number of hydrogen-bond acceptors (Lipinski definition) is 3. The first kappa shape index (κ1) is 8.84. The zero-order valence-electron chi connectivity index (χ0n) is 8.29. The van der Waals surface area contributed by atoms with Gasteiger partial charge in [-0.1, -0.05) is 12.1 Å². The van der Waals surface area contributed by atoms with Crippen molar-refractivity contribution < 1.29 is 4.79 Å². The Morgan fingerprint density at radius 2 is 2.06 bits per heavy atom. The monoisotopic (exact) mass is 212 g/mol. The van der Waals surface area contributed by atoms with E-state index in [1.807, 2.05) is 24.3 Å². The summed E-state index contributed by atoms with van der Waals surface area (Å²) in [6, 6.07) is 9.11. The maximum absolute atomic E-state index is 11.3. The summed E-state index contributed by atoms with van der Waals surface area (Å²) in [6.07, 6.45) is 1.53. The molecule has 2 heterocycles. The summed E-state index contributed by atoms with van der Waals surface area (Å²) in [4.78, 5) is 19.7. The molecule has 5 heteroatoms. The summed E-state index contributed by atoms with van der Waals surface area (Å²) in [5, 5.41) is 0. The summed E-state index contributed by atoms with van der Waals surface area (Å²) in [5.41, 5.74) is 7.33. The van der Waals surface area contributed by atoms with E-state index in [-0.39, 0.29) is 0 Å². The summed E-state index contributed by atoms with van der Waals surface area (Å²) in [5.74, 6) is -0.00643. The zero-order chi connectivity index (χ0) is 11.1. The number of hydrogen-bond donors (Lipinski definition) is 1. The van der Waals surface area contributed by atoms with Crippen LogP contribution in [0, 0.1) is 0 Å². The molecule has 3 aromatic rings. The highest BCUT2D eigenvalue weighted by Gasteiger charge is 2.11. The van der Waals surface area contributed by atoms with Crippen LogP contribution in [0.2, 0.25) is 0 Å². The molecule has 5 nitrogen and oxygen atoms in total. The van der Waals surface area contributed by atoms with Gasteiger partial charge in [0.15, 0.2) is 0 Å². The smallest absolute Gasteiger partial charge is 0.265 e. The Balaban J connectivity index is 2.57. The highest BCUT2D eigenvalue weighted by Crippen LogP contribution is 2.16. The molecule has 0 saturated heterocycles. The van der Waals surface area contributed by atoms with E-state index in [2.05, 4.69) is 9.97 Å². The van der Waals surface area contributed by atoms with Crippen molar-refractivity contribution in [1.29, 1.82) is 0 Å². The number of fused-ring (bicyclic) bond motifs is 3. The van der Waals surface area contributed by atoms with Crippen LogP contribution in [-0.4, -0.2) is 20.3 Å². The molecule has 78 valence electrons. The largest absolute Gasteiger partial charge is 0.364 e. The Kier molecular flexibility index (Phi) is 1.67. The third-order valence-electron chi connectivity index (χ3n) is 2.46. The van der Waals surface area contributed by atoms with E-state index in [0.29, 0.717) is 11.5 Å². The Morgan fingerprint density at radius 3 is 2.88 bits per heavy atom. The second-order valence-corrected chi connectivity index (χ2v) is 3.43. The van der Waals surface area contributed by atoms with Crippen LogP contribution in [0.3, 0.4) is 0 Å². The van der Waals surface area contributed by atoms with Crippen molar-refractivity contribution in [3.8, 4) is 0 Å². The number of imidazole rings is 1. The predicted octanol–water partition coefficient (Wildman–Crippen LogP) is 0.981. The first-order valence-electron chi connectivity index (χ1n) is 4.79. The van der Waals surface area contributed by atoms with Gasteiger partial charge in [-0.3, -0.25) is 9.20 Å². The second kappa shape index (κ2) is 3.03. The van der Waals surface area contributed by atoms with Crippen LogP contribution < -0.4 is 5.73 Å². The summed E-state index contributed by atoms with van der Waals surface area (Å²) >= 11 is 0. The molecular formula is C11H8N4O. The fourth-order valence-electron chi connectivity index (χ4n) is 1.78. The van der Waals surface area contributed by atoms with E-state index in [9.17, 15) is 4.79 Å². The van der Waals surface area contributed by atoms with Crippen molar-refractivity contribution in [2.24, 2.45) is 5.73 Å². The van der Waals surface area contributed by atoms with Crippen LogP contribution in [0.1, 0.15) is 10.5 Å². The number of benzene rings is 1. The summed E-state index contributed by atoms with van der Waals surface area (Å²) < 4.78 is 1.66. The highest BCUT2D eigenvalue weighted by molar-refractivity contribution is 5.94. The van der Waals surface area contributed by atoms with Gasteiger partial charge < -0.3 is 5.73 Å². The fourth-order valence-corrected chi connectivity index (χ4v) is 1.78. The van der Waals surface area contributed by atoms with E-state index in [0.717, 1.165) is 11.0 Å². The van der Waals surface area contributed by atoms with Crippen molar-refractivity contribution in [2.45, 2.75) is 0 Å². The highest BCUT2D eigenvalue weighted by atomic mass is 16.1. The first-order chi connectivity index (χ1) is 7.77. The maximum Gasteiger partial charge on any atom is 0.265 e. The molecule has 0 saturated carbocycles. The van der Waals surface area contributed by atoms with Gasteiger partial charge >= 0.3 is 0 Å². The van der Waals surface area contributed by atoms with Crippen molar-refractivity contribution in [3.05, 3.63) is 42.2 Å². The number of amides is 1. The van der Waals surface area contributed by atoms with Gasteiger partial charge in [-0.05, 0) is 18.2 Å². The molecular weight excluding hydrogens is 204 g/mol. The van der Waals surface area contributed by atoms with Crippen LogP contribution in [0.25, 0.3) is 16.8 Å². The molecule has 2 N–H and O–H groups in total. The summed E-state index contributed by atoms with van der Waals surface area (Å²) in [7, 11) is 0. The third kappa shape index (κ3) is 1.08. The molecule has 0 unspecified atom stereocenters. The molecule has 16 heavy (non-hydrogen) atoms. The van der Waals surface area contributed by atoms with Gasteiger partial charge in [0.25, 0.3) is 5.91 Å². The van der Waals surface area contributed by atoms with Crippen LogP contribution in [0.15, 0.2) is 36.5 Å².